The number of nitrogens with one attached hydrogen (secondary N) is 1. The standard InChI is InChI=1S/C20H32N3O/c1-16(2)19-13-21-10-12-23(19)14-17(3)22(20(24)15-23)11-9-18-7-5-4-6-8-18/h4-8,16-17,19,21H,9-15H2,1-3H3/q+1/t17-,19+,23?/m0/s1. The van der Waals surface area contributed by atoms with Crippen molar-refractivity contribution in [3.8, 4) is 0 Å². The summed E-state index contributed by atoms with van der Waals surface area (Å²) in [5, 5.41) is 3.53. The Hall–Kier alpha value is -1.39. The molecule has 2 aliphatic heterocycles. The van der Waals surface area contributed by atoms with Crippen molar-refractivity contribution >= 4 is 5.91 Å². The number of hydrogen-bond donors (Lipinski definition) is 1. The fraction of sp³-hybridized carbons (Fsp3) is 0.650. The van der Waals surface area contributed by atoms with E-state index >= 15 is 0 Å². The first-order chi connectivity index (χ1) is 11.5. The summed E-state index contributed by atoms with van der Waals surface area (Å²) in [7, 11) is 0. The van der Waals surface area contributed by atoms with E-state index < -0.39 is 0 Å². The summed E-state index contributed by atoms with van der Waals surface area (Å²) >= 11 is 0. The highest BCUT2D eigenvalue weighted by atomic mass is 16.2. The highest BCUT2D eigenvalue weighted by molar-refractivity contribution is 5.78. The van der Waals surface area contributed by atoms with Crippen LogP contribution in [0, 0.1) is 5.92 Å². The van der Waals surface area contributed by atoms with Crippen molar-refractivity contribution in [1.29, 1.82) is 0 Å². The molecule has 132 valence electrons. The third-order valence-electron chi connectivity index (χ3n) is 5.98. The summed E-state index contributed by atoms with van der Waals surface area (Å²) in [6.07, 6.45) is 0.950. The van der Waals surface area contributed by atoms with E-state index in [-0.39, 0.29) is 0 Å². The number of quaternary nitrogens is 1. The number of carbonyl (C=O) groups is 1. The van der Waals surface area contributed by atoms with Gasteiger partial charge < -0.3 is 14.7 Å². The SMILES string of the molecule is CC(C)[C@H]1CNCC[N+]12CC(=O)N(CCc1ccccc1)[C@@H](C)C2. The van der Waals surface area contributed by atoms with Gasteiger partial charge in [0.1, 0.15) is 6.04 Å². The van der Waals surface area contributed by atoms with Crippen molar-refractivity contribution in [2.24, 2.45) is 5.92 Å². The fourth-order valence-electron chi connectivity index (χ4n) is 4.74. The number of rotatable bonds is 4. The number of nitrogens with zero attached hydrogens (tertiary/aromatic N) is 2. The van der Waals surface area contributed by atoms with Gasteiger partial charge in [-0.25, -0.2) is 0 Å². The molecule has 1 aromatic rings. The van der Waals surface area contributed by atoms with Gasteiger partial charge in [-0.2, -0.15) is 0 Å². The molecule has 1 N–H and O–H groups in total. The number of amides is 1. The Balaban J connectivity index is 1.68. The second-order valence-electron chi connectivity index (χ2n) is 7.97. The lowest BCUT2D eigenvalue weighted by atomic mass is 9.93. The van der Waals surface area contributed by atoms with Gasteiger partial charge in [0.25, 0.3) is 5.91 Å². The monoisotopic (exact) mass is 330 g/mol. The first kappa shape index (κ1) is 17.4. The molecule has 1 aromatic carbocycles. The molecule has 3 atom stereocenters. The van der Waals surface area contributed by atoms with Crippen molar-refractivity contribution in [2.75, 3.05) is 39.3 Å². The fourth-order valence-corrected chi connectivity index (χ4v) is 4.74. The van der Waals surface area contributed by atoms with Gasteiger partial charge in [0, 0.05) is 25.6 Å². The molecule has 2 heterocycles. The maximum absolute atomic E-state index is 13.0. The lowest BCUT2D eigenvalue weighted by Gasteiger charge is -2.54. The van der Waals surface area contributed by atoms with E-state index in [1.165, 1.54) is 5.56 Å². The van der Waals surface area contributed by atoms with Crippen LogP contribution in [0.1, 0.15) is 26.3 Å². The average molecular weight is 330 g/mol. The topological polar surface area (TPSA) is 32.3 Å². The zero-order valence-electron chi connectivity index (χ0n) is 15.4. The van der Waals surface area contributed by atoms with Crippen LogP contribution in [-0.4, -0.2) is 66.6 Å². The van der Waals surface area contributed by atoms with Crippen LogP contribution in [0.4, 0.5) is 0 Å². The molecule has 24 heavy (non-hydrogen) atoms. The molecule has 4 nitrogen and oxygen atoms in total. The van der Waals surface area contributed by atoms with Crippen LogP contribution in [0.3, 0.4) is 0 Å². The Bertz CT molecular complexity index is 559. The molecule has 0 saturated carbocycles. The predicted octanol–water partition coefficient (Wildman–Crippen LogP) is 1.90. The summed E-state index contributed by atoms with van der Waals surface area (Å²) in [5.41, 5.74) is 1.31. The van der Waals surface area contributed by atoms with E-state index in [9.17, 15) is 4.79 Å². The number of carbonyl (C=O) groups excluding carboxylic acids is 1. The molecule has 1 unspecified atom stereocenters. The van der Waals surface area contributed by atoms with Crippen LogP contribution < -0.4 is 5.32 Å². The second-order valence-corrected chi connectivity index (χ2v) is 7.97. The molecule has 1 spiro atoms. The first-order valence-electron chi connectivity index (χ1n) is 9.42. The van der Waals surface area contributed by atoms with E-state index in [0.29, 0.717) is 30.5 Å². The van der Waals surface area contributed by atoms with E-state index in [1.54, 1.807) is 0 Å². The number of hydrogen-bond acceptors (Lipinski definition) is 2. The van der Waals surface area contributed by atoms with Gasteiger partial charge in [0.2, 0.25) is 0 Å². The Morgan fingerprint density at radius 2 is 2.04 bits per heavy atom. The van der Waals surface area contributed by atoms with Crippen LogP contribution in [0.2, 0.25) is 0 Å². The van der Waals surface area contributed by atoms with Crippen LogP contribution in [0.5, 0.6) is 0 Å². The van der Waals surface area contributed by atoms with E-state index in [2.05, 4.69) is 55.3 Å². The molecular weight excluding hydrogens is 298 g/mol. The van der Waals surface area contributed by atoms with Crippen molar-refractivity contribution < 1.29 is 9.28 Å². The molecule has 0 bridgehead atoms. The largest absolute Gasteiger partial charge is 0.329 e. The third kappa shape index (κ3) is 3.50. The van der Waals surface area contributed by atoms with Crippen molar-refractivity contribution in [2.45, 2.75) is 39.3 Å². The molecule has 1 amide bonds. The molecular formula is C20H32N3O+. The summed E-state index contributed by atoms with van der Waals surface area (Å²) in [4.78, 5) is 15.1. The van der Waals surface area contributed by atoms with Gasteiger partial charge in [-0.3, -0.25) is 4.79 Å². The molecule has 0 radical (unpaired) electrons. The smallest absolute Gasteiger partial charge is 0.278 e. The number of benzene rings is 1. The lowest BCUT2D eigenvalue weighted by molar-refractivity contribution is -0.954. The molecule has 2 fully saturated rings. The van der Waals surface area contributed by atoms with Crippen LogP contribution in [0.15, 0.2) is 30.3 Å². The van der Waals surface area contributed by atoms with E-state index in [0.717, 1.165) is 43.6 Å². The summed E-state index contributed by atoms with van der Waals surface area (Å²) < 4.78 is 0.993. The van der Waals surface area contributed by atoms with Crippen LogP contribution >= 0.6 is 0 Å². The average Bonchev–Trinajstić information content (AvgIpc) is 2.55. The Labute approximate surface area is 146 Å². The highest BCUT2D eigenvalue weighted by Crippen LogP contribution is 2.28. The maximum Gasteiger partial charge on any atom is 0.278 e. The lowest BCUT2D eigenvalue weighted by Crippen LogP contribution is -2.74. The Morgan fingerprint density at radius 1 is 1.29 bits per heavy atom. The Kier molecular flexibility index (Phi) is 5.26. The molecule has 2 aliphatic rings. The first-order valence-corrected chi connectivity index (χ1v) is 9.42. The second kappa shape index (κ2) is 7.24. The van der Waals surface area contributed by atoms with Gasteiger partial charge in [0.15, 0.2) is 6.54 Å². The minimum Gasteiger partial charge on any atom is -0.329 e. The van der Waals surface area contributed by atoms with Crippen LogP contribution in [0.25, 0.3) is 0 Å². The minimum absolute atomic E-state index is 0.328. The predicted molar refractivity (Wildman–Crippen MR) is 97.7 cm³/mol. The maximum atomic E-state index is 13.0. The molecule has 4 heteroatoms. The zero-order chi connectivity index (χ0) is 17.2. The van der Waals surface area contributed by atoms with Gasteiger partial charge in [-0.05, 0) is 18.9 Å². The quantitative estimate of drug-likeness (QED) is 0.855. The third-order valence-corrected chi connectivity index (χ3v) is 5.98. The van der Waals surface area contributed by atoms with E-state index in [1.807, 2.05) is 6.07 Å². The summed E-state index contributed by atoms with van der Waals surface area (Å²) in [5.74, 6) is 0.950. The van der Waals surface area contributed by atoms with Gasteiger partial charge in [0.05, 0.1) is 19.1 Å². The minimum atomic E-state index is 0.328. The number of piperazine rings is 2. The highest BCUT2D eigenvalue weighted by Gasteiger charge is 2.48. The molecule has 0 aromatic heterocycles. The van der Waals surface area contributed by atoms with Gasteiger partial charge in [-0.1, -0.05) is 44.2 Å². The summed E-state index contributed by atoms with van der Waals surface area (Å²) in [6.45, 7) is 12.6. The van der Waals surface area contributed by atoms with Crippen molar-refractivity contribution in [3.63, 3.8) is 0 Å². The van der Waals surface area contributed by atoms with Crippen molar-refractivity contribution in [1.82, 2.24) is 10.2 Å². The van der Waals surface area contributed by atoms with Gasteiger partial charge in [-0.15, -0.1) is 0 Å². The molecule has 3 rings (SSSR count). The molecule has 0 aliphatic carbocycles. The normalized spacial score (nSPS) is 31.0. The van der Waals surface area contributed by atoms with Crippen LogP contribution in [-0.2, 0) is 11.2 Å². The zero-order valence-corrected chi connectivity index (χ0v) is 15.4. The Morgan fingerprint density at radius 3 is 2.71 bits per heavy atom. The van der Waals surface area contributed by atoms with E-state index in [4.69, 9.17) is 0 Å². The van der Waals surface area contributed by atoms with Gasteiger partial charge >= 0.3 is 0 Å². The van der Waals surface area contributed by atoms with Crippen molar-refractivity contribution in [3.05, 3.63) is 35.9 Å². The summed E-state index contributed by atoms with van der Waals surface area (Å²) in [6, 6.07) is 11.4. The molecule has 2 saturated heterocycles.